The fourth-order valence-corrected chi connectivity index (χ4v) is 2.65. The normalized spacial score (nSPS) is 12.1. The monoisotopic (exact) mass is 349 g/mol. The van der Waals surface area contributed by atoms with Gasteiger partial charge in [0.1, 0.15) is 5.75 Å². The summed E-state index contributed by atoms with van der Waals surface area (Å²) >= 11 is 3.47. The molecule has 0 heterocycles. The van der Waals surface area contributed by atoms with E-state index in [1.165, 1.54) is 5.56 Å². The van der Waals surface area contributed by atoms with Gasteiger partial charge in [0.15, 0.2) is 0 Å². The molecule has 0 fully saturated rings. The van der Waals surface area contributed by atoms with Crippen LogP contribution in [0.1, 0.15) is 11.1 Å². The lowest BCUT2D eigenvalue weighted by molar-refractivity contribution is 0.240. The zero-order chi connectivity index (χ0) is 15.1. The lowest BCUT2D eigenvalue weighted by Crippen LogP contribution is -2.34. The van der Waals surface area contributed by atoms with Crippen LogP contribution in [0.5, 0.6) is 5.75 Å². The number of methoxy groups -OCH3 is 1. The van der Waals surface area contributed by atoms with Crippen LogP contribution in [-0.2, 0) is 13.0 Å². The number of hydrogen-bond donors (Lipinski definition) is 2. The first-order chi connectivity index (χ1) is 10.2. The molecule has 0 saturated heterocycles. The number of benzene rings is 2. The third-order valence-corrected chi connectivity index (χ3v) is 3.86. The topological polar surface area (TPSA) is 41.5 Å². The molecule has 0 aliphatic heterocycles. The van der Waals surface area contributed by atoms with Crippen molar-refractivity contribution in [1.29, 1.82) is 0 Å². The molecule has 2 rings (SSSR count). The Labute approximate surface area is 134 Å². The second-order valence-electron chi connectivity index (χ2n) is 4.91. The average molecular weight is 350 g/mol. The molecule has 1 unspecified atom stereocenters. The van der Waals surface area contributed by atoms with Gasteiger partial charge in [-0.3, -0.25) is 0 Å². The molecule has 4 heteroatoms. The number of nitrogens with one attached hydrogen (secondary N) is 1. The highest BCUT2D eigenvalue weighted by Gasteiger charge is 2.10. The lowest BCUT2D eigenvalue weighted by atomic mass is 10.1. The number of hydrogen-bond acceptors (Lipinski definition) is 3. The summed E-state index contributed by atoms with van der Waals surface area (Å²) in [6.07, 6.45) is 0.799. The molecule has 21 heavy (non-hydrogen) atoms. The third kappa shape index (κ3) is 4.84. The smallest absolute Gasteiger partial charge is 0.123 e. The molecule has 0 aliphatic carbocycles. The third-order valence-electron chi connectivity index (χ3n) is 3.37. The van der Waals surface area contributed by atoms with Crippen LogP contribution >= 0.6 is 15.9 Å². The van der Waals surface area contributed by atoms with Crippen molar-refractivity contribution < 1.29 is 9.84 Å². The molecule has 2 aromatic rings. The highest BCUT2D eigenvalue weighted by atomic mass is 79.9. The molecule has 0 amide bonds. The van der Waals surface area contributed by atoms with Gasteiger partial charge in [0, 0.05) is 22.6 Å². The molecule has 3 nitrogen and oxygen atoms in total. The Hall–Kier alpha value is -1.36. The van der Waals surface area contributed by atoms with Crippen LogP contribution < -0.4 is 10.1 Å². The molecule has 1 atom stereocenters. The number of aliphatic hydroxyl groups excluding tert-OH is 1. The highest BCUT2D eigenvalue weighted by molar-refractivity contribution is 9.10. The summed E-state index contributed by atoms with van der Waals surface area (Å²) in [6, 6.07) is 16.1. The maximum Gasteiger partial charge on any atom is 0.123 e. The Kier molecular flexibility index (Phi) is 6.23. The van der Waals surface area contributed by atoms with E-state index in [0.29, 0.717) is 6.54 Å². The van der Waals surface area contributed by atoms with E-state index in [4.69, 9.17) is 4.74 Å². The van der Waals surface area contributed by atoms with Gasteiger partial charge in [-0.05, 0) is 30.2 Å². The SMILES string of the molecule is COc1ccc(Br)cc1CNC(CO)Cc1ccccc1. The fourth-order valence-electron chi connectivity index (χ4n) is 2.24. The largest absolute Gasteiger partial charge is 0.496 e. The minimum absolute atomic E-state index is 0.0242. The molecule has 0 aliphatic rings. The number of halogens is 1. The van der Waals surface area contributed by atoms with Gasteiger partial charge in [-0.25, -0.2) is 0 Å². The Bertz CT molecular complexity index is 560. The van der Waals surface area contributed by atoms with Crippen LogP contribution in [0.25, 0.3) is 0 Å². The molecule has 0 saturated carbocycles. The van der Waals surface area contributed by atoms with Crippen molar-refractivity contribution in [3.8, 4) is 5.75 Å². The van der Waals surface area contributed by atoms with E-state index in [1.54, 1.807) is 7.11 Å². The Balaban J connectivity index is 1.98. The average Bonchev–Trinajstić information content (AvgIpc) is 2.52. The second kappa shape index (κ2) is 8.17. The van der Waals surface area contributed by atoms with Crippen molar-refractivity contribution >= 4 is 15.9 Å². The van der Waals surface area contributed by atoms with Gasteiger partial charge in [-0.15, -0.1) is 0 Å². The van der Waals surface area contributed by atoms with Crippen LogP contribution in [0.4, 0.5) is 0 Å². The van der Waals surface area contributed by atoms with Gasteiger partial charge >= 0.3 is 0 Å². The van der Waals surface area contributed by atoms with Gasteiger partial charge < -0.3 is 15.2 Å². The van der Waals surface area contributed by atoms with Crippen LogP contribution in [0, 0.1) is 0 Å². The first kappa shape index (κ1) is 16.0. The second-order valence-corrected chi connectivity index (χ2v) is 5.82. The van der Waals surface area contributed by atoms with E-state index >= 15 is 0 Å². The summed E-state index contributed by atoms with van der Waals surface area (Å²) in [7, 11) is 1.67. The molecule has 0 bridgehead atoms. The van der Waals surface area contributed by atoms with Crippen molar-refractivity contribution in [2.75, 3.05) is 13.7 Å². The van der Waals surface area contributed by atoms with E-state index in [1.807, 2.05) is 36.4 Å². The Morgan fingerprint density at radius 3 is 2.62 bits per heavy atom. The van der Waals surface area contributed by atoms with Crippen molar-refractivity contribution in [1.82, 2.24) is 5.32 Å². The minimum atomic E-state index is 0.0242. The summed E-state index contributed by atoms with van der Waals surface area (Å²) < 4.78 is 6.38. The van der Waals surface area contributed by atoms with Gasteiger partial charge in [0.05, 0.1) is 13.7 Å². The fraction of sp³-hybridized carbons (Fsp3) is 0.294. The molecule has 0 aromatic heterocycles. The maximum absolute atomic E-state index is 9.54. The van der Waals surface area contributed by atoms with Crippen molar-refractivity contribution in [3.63, 3.8) is 0 Å². The Morgan fingerprint density at radius 1 is 1.19 bits per heavy atom. The van der Waals surface area contributed by atoms with E-state index < -0.39 is 0 Å². The predicted octanol–water partition coefficient (Wildman–Crippen LogP) is 3.15. The Morgan fingerprint density at radius 2 is 1.95 bits per heavy atom. The van der Waals surface area contributed by atoms with Gasteiger partial charge in [-0.1, -0.05) is 46.3 Å². The quantitative estimate of drug-likeness (QED) is 0.806. The summed E-state index contributed by atoms with van der Waals surface area (Å²) in [5.74, 6) is 0.849. The summed E-state index contributed by atoms with van der Waals surface area (Å²) in [4.78, 5) is 0. The van der Waals surface area contributed by atoms with Crippen LogP contribution in [-0.4, -0.2) is 24.9 Å². The molecular weight excluding hydrogens is 330 g/mol. The first-order valence-corrected chi connectivity index (χ1v) is 7.73. The minimum Gasteiger partial charge on any atom is -0.496 e. The number of rotatable bonds is 7. The summed E-state index contributed by atoms with van der Waals surface area (Å²) in [5.41, 5.74) is 2.28. The number of ether oxygens (including phenoxy) is 1. The van der Waals surface area contributed by atoms with Crippen LogP contribution in [0.15, 0.2) is 53.0 Å². The van der Waals surface area contributed by atoms with Crippen molar-refractivity contribution in [2.24, 2.45) is 0 Å². The zero-order valence-electron chi connectivity index (χ0n) is 12.1. The molecule has 2 aromatic carbocycles. The van der Waals surface area contributed by atoms with Gasteiger partial charge in [0.2, 0.25) is 0 Å². The van der Waals surface area contributed by atoms with E-state index in [2.05, 4.69) is 33.4 Å². The van der Waals surface area contributed by atoms with Gasteiger partial charge in [0.25, 0.3) is 0 Å². The van der Waals surface area contributed by atoms with E-state index in [0.717, 1.165) is 22.2 Å². The molecule has 2 N–H and O–H groups in total. The van der Waals surface area contributed by atoms with Crippen molar-refractivity contribution in [3.05, 3.63) is 64.1 Å². The number of aliphatic hydroxyl groups is 1. The standard InChI is InChI=1S/C17H20BrNO2/c1-21-17-8-7-15(18)10-14(17)11-19-16(12-20)9-13-5-3-2-4-6-13/h2-8,10,16,19-20H,9,11-12H2,1H3. The molecular formula is C17H20BrNO2. The molecule has 0 spiro atoms. The van der Waals surface area contributed by atoms with Crippen LogP contribution in [0.3, 0.4) is 0 Å². The maximum atomic E-state index is 9.54. The van der Waals surface area contributed by atoms with E-state index in [9.17, 15) is 5.11 Å². The van der Waals surface area contributed by atoms with E-state index in [-0.39, 0.29) is 12.6 Å². The molecule has 0 radical (unpaired) electrons. The summed E-state index contributed by atoms with van der Waals surface area (Å²) in [6.45, 7) is 0.756. The van der Waals surface area contributed by atoms with Crippen LogP contribution in [0.2, 0.25) is 0 Å². The van der Waals surface area contributed by atoms with Gasteiger partial charge in [-0.2, -0.15) is 0 Å². The lowest BCUT2D eigenvalue weighted by Gasteiger charge is -2.18. The van der Waals surface area contributed by atoms with Crippen molar-refractivity contribution in [2.45, 2.75) is 19.0 Å². The summed E-state index contributed by atoms with van der Waals surface area (Å²) in [5, 5.41) is 12.9. The predicted molar refractivity (Wildman–Crippen MR) is 88.6 cm³/mol. The first-order valence-electron chi connectivity index (χ1n) is 6.93. The highest BCUT2D eigenvalue weighted by Crippen LogP contribution is 2.22. The molecule has 112 valence electrons. The zero-order valence-corrected chi connectivity index (χ0v) is 13.6.